The maximum Gasteiger partial charge on any atom is 0.227 e. The van der Waals surface area contributed by atoms with E-state index in [0.29, 0.717) is 11.3 Å². The van der Waals surface area contributed by atoms with Crippen molar-refractivity contribution in [3.05, 3.63) is 53.8 Å². The molecule has 1 amide bonds. The zero-order valence-corrected chi connectivity index (χ0v) is 15.3. The summed E-state index contributed by atoms with van der Waals surface area (Å²) in [6.45, 7) is 1.47. The number of piperidine rings is 1. The van der Waals surface area contributed by atoms with Crippen LogP contribution in [0.4, 0.5) is 15.2 Å². The lowest BCUT2D eigenvalue weighted by atomic mass is 9.96. The highest BCUT2D eigenvalue weighted by Gasteiger charge is 2.26. The Hall–Kier alpha value is -2.98. The van der Waals surface area contributed by atoms with Crippen LogP contribution in [0.1, 0.15) is 18.4 Å². The summed E-state index contributed by atoms with van der Waals surface area (Å²) in [6.07, 6.45) is 1.46. The Kier molecular flexibility index (Phi) is 4.73. The minimum atomic E-state index is -0.256. The molecule has 0 bridgehead atoms. The third-order valence-electron chi connectivity index (χ3n) is 4.73. The molecule has 1 saturated heterocycles. The van der Waals surface area contributed by atoms with E-state index < -0.39 is 0 Å². The number of aromatic nitrogens is 1. The van der Waals surface area contributed by atoms with Gasteiger partial charge in [-0.2, -0.15) is 5.26 Å². The van der Waals surface area contributed by atoms with Crippen molar-refractivity contribution >= 4 is 38.3 Å². The number of thiazole rings is 1. The molecule has 7 heteroatoms. The second kappa shape index (κ2) is 7.33. The van der Waals surface area contributed by atoms with Crippen LogP contribution in [0.5, 0.6) is 0 Å². The van der Waals surface area contributed by atoms with Gasteiger partial charge < -0.3 is 10.2 Å². The number of halogens is 1. The molecule has 2 aromatic carbocycles. The van der Waals surface area contributed by atoms with Gasteiger partial charge in [0.15, 0.2) is 5.13 Å². The minimum absolute atomic E-state index is 0.0175. The fraction of sp³-hybridized carbons (Fsp3) is 0.250. The largest absolute Gasteiger partial charge is 0.348 e. The number of carbonyl (C=O) groups excluding carboxylic acids is 1. The zero-order valence-electron chi connectivity index (χ0n) is 14.5. The SMILES string of the molecule is N#Cc1cccc(NC(=O)C2CCN(c3nc4ccc(F)cc4s3)CC2)c1. The van der Waals surface area contributed by atoms with Crippen LogP contribution >= 0.6 is 11.3 Å². The van der Waals surface area contributed by atoms with Gasteiger partial charge in [0.05, 0.1) is 21.8 Å². The minimum Gasteiger partial charge on any atom is -0.348 e. The Morgan fingerprint density at radius 3 is 2.85 bits per heavy atom. The van der Waals surface area contributed by atoms with Crippen molar-refractivity contribution in [1.82, 2.24) is 4.98 Å². The number of amides is 1. The highest BCUT2D eigenvalue weighted by atomic mass is 32.1. The standard InChI is InChI=1S/C20H17FN4OS/c21-15-4-5-17-18(11-15)27-20(24-17)25-8-6-14(7-9-25)19(26)23-16-3-1-2-13(10-16)12-22/h1-5,10-11,14H,6-9H2,(H,23,26). The van der Waals surface area contributed by atoms with E-state index in [0.717, 1.165) is 41.3 Å². The normalized spacial score (nSPS) is 14.9. The summed E-state index contributed by atoms with van der Waals surface area (Å²) in [5, 5.41) is 12.7. The molecule has 3 aromatic rings. The average Bonchev–Trinajstić information content (AvgIpc) is 3.11. The Balaban J connectivity index is 1.39. The van der Waals surface area contributed by atoms with Crippen LogP contribution in [0.25, 0.3) is 10.2 Å². The monoisotopic (exact) mass is 380 g/mol. The number of rotatable bonds is 3. The summed E-state index contributed by atoms with van der Waals surface area (Å²) < 4.78 is 14.2. The third-order valence-corrected chi connectivity index (χ3v) is 5.81. The molecule has 136 valence electrons. The first kappa shape index (κ1) is 17.4. The first-order valence-corrected chi connectivity index (χ1v) is 9.56. The van der Waals surface area contributed by atoms with Gasteiger partial charge in [-0.1, -0.05) is 17.4 Å². The predicted octanol–water partition coefficient (Wildman–Crippen LogP) is 4.16. The number of fused-ring (bicyclic) bond motifs is 1. The van der Waals surface area contributed by atoms with Crippen LogP contribution in [-0.4, -0.2) is 24.0 Å². The summed E-state index contributed by atoms with van der Waals surface area (Å²) in [5.41, 5.74) is 1.97. The maximum absolute atomic E-state index is 13.4. The van der Waals surface area contributed by atoms with Crippen molar-refractivity contribution in [2.45, 2.75) is 12.8 Å². The van der Waals surface area contributed by atoms with Gasteiger partial charge in [0.2, 0.25) is 5.91 Å². The summed E-state index contributed by atoms with van der Waals surface area (Å²) in [7, 11) is 0. The molecule has 0 saturated carbocycles. The second-order valence-corrected chi connectivity index (χ2v) is 7.56. The van der Waals surface area contributed by atoms with Crippen molar-refractivity contribution in [1.29, 1.82) is 5.26 Å². The van der Waals surface area contributed by atoms with Crippen molar-refractivity contribution in [3.8, 4) is 6.07 Å². The van der Waals surface area contributed by atoms with Crippen LogP contribution in [0.2, 0.25) is 0 Å². The predicted molar refractivity (Wildman–Crippen MR) is 104 cm³/mol. The average molecular weight is 380 g/mol. The number of carbonyl (C=O) groups is 1. The van der Waals surface area contributed by atoms with E-state index in [2.05, 4.69) is 21.3 Å². The molecular formula is C20H17FN4OS. The fourth-order valence-electron chi connectivity index (χ4n) is 3.27. The van der Waals surface area contributed by atoms with Crippen molar-refractivity contribution < 1.29 is 9.18 Å². The van der Waals surface area contributed by atoms with E-state index in [4.69, 9.17) is 5.26 Å². The molecule has 2 heterocycles. The molecule has 5 nitrogen and oxygen atoms in total. The van der Waals surface area contributed by atoms with Gasteiger partial charge in [-0.15, -0.1) is 0 Å². The van der Waals surface area contributed by atoms with E-state index >= 15 is 0 Å². The van der Waals surface area contributed by atoms with E-state index in [9.17, 15) is 9.18 Å². The molecule has 0 radical (unpaired) electrons. The summed E-state index contributed by atoms with van der Waals surface area (Å²) in [6, 6.07) is 13.6. The number of nitrogens with one attached hydrogen (secondary N) is 1. The molecular weight excluding hydrogens is 363 g/mol. The maximum atomic E-state index is 13.4. The van der Waals surface area contributed by atoms with E-state index in [1.165, 1.54) is 23.5 Å². The van der Waals surface area contributed by atoms with Crippen LogP contribution in [0.3, 0.4) is 0 Å². The first-order valence-electron chi connectivity index (χ1n) is 8.74. The van der Waals surface area contributed by atoms with Gasteiger partial charge in [-0.25, -0.2) is 9.37 Å². The number of hydrogen-bond acceptors (Lipinski definition) is 5. The van der Waals surface area contributed by atoms with E-state index in [1.807, 2.05) is 0 Å². The van der Waals surface area contributed by atoms with Crippen molar-refractivity contribution in [2.75, 3.05) is 23.3 Å². The zero-order chi connectivity index (χ0) is 18.8. The highest BCUT2D eigenvalue weighted by Crippen LogP contribution is 2.32. The van der Waals surface area contributed by atoms with Crippen molar-refractivity contribution in [3.63, 3.8) is 0 Å². The van der Waals surface area contributed by atoms with Gasteiger partial charge in [0, 0.05) is 24.7 Å². The topological polar surface area (TPSA) is 69.0 Å². The van der Waals surface area contributed by atoms with Gasteiger partial charge in [-0.05, 0) is 49.2 Å². The Morgan fingerprint density at radius 2 is 2.07 bits per heavy atom. The lowest BCUT2D eigenvalue weighted by Crippen LogP contribution is -2.38. The van der Waals surface area contributed by atoms with Crippen LogP contribution in [0.15, 0.2) is 42.5 Å². The van der Waals surface area contributed by atoms with Gasteiger partial charge >= 0.3 is 0 Å². The third kappa shape index (κ3) is 3.76. The summed E-state index contributed by atoms with van der Waals surface area (Å²) in [5.74, 6) is -0.344. The molecule has 0 aliphatic carbocycles. The van der Waals surface area contributed by atoms with Crippen LogP contribution in [-0.2, 0) is 4.79 Å². The van der Waals surface area contributed by atoms with Crippen LogP contribution in [0, 0.1) is 23.1 Å². The van der Waals surface area contributed by atoms with E-state index in [1.54, 1.807) is 30.3 Å². The molecule has 1 N–H and O–H groups in total. The number of anilines is 2. The number of nitriles is 1. The first-order chi connectivity index (χ1) is 13.1. The second-order valence-electron chi connectivity index (χ2n) is 6.55. The molecule has 0 atom stereocenters. The van der Waals surface area contributed by atoms with Gasteiger partial charge in [0.1, 0.15) is 5.82 Å². The molecule has 4 rings (SSSR count). The van der Waals surface area contributed by atoms with Gasteiger partial charge in [0.25, 0.3) is 0 Å². The fourth-order valence-corrected chi connectivity index (χ4v) is 4.31. The number of benzene rings is 2. The summed E-state index contributed by atoms with van der Waals surface area (Å²) >= 11 is 1.48. The Morgan fingerprint density at radius 1 is 1.26 bits per heavy atom. The number of nitrogens with zero attached hydrogens (tertiary/aromatic N) is 3. The Bertz CT molecular complexity index is 1030. The lowest BCUT2D eigenvalue weighted by molar-refractivity contribution is -0.120. The van der Waals surface area contributed by atoms with Gasteiger partial charge in [-0.3, -0.25) is 4.79 Å². The molecule has 0 spiro atoms. The lowest BCUT2D eigenvalue weighted by Gasteiger charge is -2.31. The highest BCUT2D eigenvalue weighted by molar-refractivity contribution is 7.22. The molecule has 27 heavy (non-hydrogen) atoms. The summed E-state index contributed by atoms with van der Waals surface area (Å²) in [4.78, 5) is 19.3. The molecule has 1 aromatic heterocycles. The molecule has 1 fully saturated rings. The quantitative estimate of drug-likeness (QED) is 0.741. The molecule has 1 aliphatic rings. The van der Waals surface area contributed by atoms with Crippen molar-refractivity contribution in [2.24, 2.45) is 5.92 Å². The van der Waals surface area contributed by atoms with Crippen LogP contribution < -0.4 is 10.2 Å². The number of hydrogen-bond donors (Lipinski definition) is 1. The smallest absolute Gasteiger partial charge is 0.227 e. The van der Waals surface area contributed by atoms with E-state index in [-0.39, 0.29) is 17.6 Å². The molecule has 0 unspecified atom stereocenters. The molecule has 1 aliphatic heterocycles. The Labute approximate surface area is 160 Å².